The lowest BCUT2D eigenvalue weighted by Crippen LogP contribution is -2.00. The predicted octanol–water partition coefficient (Wildman–Crippen LogP) is 2.24. The maximum absolute atomic E-state index is 10.9. The van der Waals surface area contributed by atoms with E-state index in [1.54, 1.807) is 6.92 Å². The molecule has 0 saturated heterocycles. The lowest BCUT2D eigenvalue weighted by atomic mass is 10.0. The van der Waals surface area contributed by atoms with Gasteiger partial charge in [-0.3, -0.25) is 4.79 Å². The first kappa shape index (κ1) is 12.7. The van der Waals surface area contributed by atoms with Gasteiger partial charge in [-0.05, 0) is 30.9 Å². The van der Waals surface area contributed by atoms with Gasteiger partial charge in [0.25, 0.3) is 0 Å². The summed E-state index contributed by atoms with van der Waals surface area (Å²) in [4.78, 5) is 10.9. The number of aliphatic hydroxyl groups excluding tert-OH is 1. The van der Waals surface area contributed by atoms with Crippen LogP contribution in [-0.4, -0.2) is 18.2 Å². The molecule has 0 aliphatic carbocycles. The first-order valence-electron chi connectivity index (χ1n) is 5.47. The molecule has 88 valence electrons. The van der Waals surface area contributed by atoms with Crippen molar-refractivity contribution in [1.82, 2.24) is 0 Å². The van der Waals surface area contributed by atoms with Crippen LogP contribution in [0.4, 0.5) is 0 Å². The van der Waals surface area contributed by atoms with Gasteiger partial charge in [-0.15, -0.1) is 0 Å². The number of aliphatic hydroxyl groups is 1. The van der Waals surface area contributed by atoms with Gasteiger partial charge in [0.05, 0.1) is 13.2 Å². The number of rotatable bonds is 5. The summed E-state index contributed by atoms with van der Waals surface area (Å²) in [5.41, 5.74) is 2.09. The molecule has 0 fully saturated rings. The molecule has 0 saturated carbocycles. The van der Waals surface area contributed by atoms with Crippen LogP contribution in [0.15, 0.2) is 24.3 Å². The summed E-state index contributed by atoms with van der Waals surface area (Å²) in [6, 6.07) is 7.80. The number of esters is 1. The smallest absolute Gasteiger partial charge is 0.305 e. The fourth-order valence-corrected chi connectivity index (χ4v) is 1.50. The van der Waals surface area contributed by atoms with Crippen LogP contribution in [0.2, 0.25) is 0 Å². The van der Waals surface area contributed by atoms with Gasteiger partial charge in [-0.2, -0.15) is 0 Å². The van der Waals surface area contributed by atoms with Crippen molar-refractivity contribution in [2.45, 2.75) is 32.3 Å². The highest BCUT2D eigenvalue weighted by atomic mass is 16.5. The van der Waals surface area contributed by atoms with Crippen LogP contribution < -0.4 is 0 Å². The minimum atomic E-state index is -0.427. The minimum Gasteiger partial charge on any atom is -0.469 e. The molecule has 16 heavy (non-hydrogen) atoms. The highest BCUT2D eigenvalue weighted by molar-refractivity contribution is 5.69. The van der Waals surface area contributed by atoms with Crippen LogP contribution in [0.3, 0.4) is 0 Å². The maximum atomic E-state index is 10.9. The molecular weight excluding hydrogens is 204 g/mol. The average Bonchev–Trinajstić information content (AvgIpc) is 2.29. The third-order valence-electron chi connectivity index (χ3n) is 2.54. The summed E-state index contributed by atoms with van der Waals surface area (Å²) >= 11 is 0. The van der Waals surface area contributed by atoms with Gasteiger partial charge >= 0.3 is 5.97 Å². The van der Waals surface area contributed by atoms with Crippen LogP contribution in [0, 0.1) is 0 Å². The van der Waals surface area contributed by atoms with Gasteiger partial charge in [-0.1, -0.05) is 24.3 Å². The fraction of sp³-hybridized carbons (Fsp3) is 0.462. The molecule has 3 nitrogen and oxygen atoms in total. The van der Waals surface area contributed by atoms with Crippen molar-refractivity contribution in [3.63, 3.8) is 0 Å². The number of hydrogen-bond acceptors (Lipinski definition) is 3. The lowest BCUT2D eigenvalue weighted by Gasteiger charge is -2.06. The van der Waals surface area contributed by atoms with E-state index in [9.17, 15) is 9.90 Å². The summed E-state index contributed by atoms with van der Waals surface area (Å²) in [6.07, 6.45) is 1.67. The summed E-state index contributed by atoms with van der Waals surface area (Å²) in [5.74, 6) is -0.166. The maximum Gasteiger partial charge on any atom is 0.305 e. The van der Waals surface area contributed by atoms with Crippen molar-refractivity contribution in [3.8, 4) is 0 Å². The Balaban J connectivity index is 2.40. The Bertz CT molecular complexity index is 328. The zero-order chi connectivity index (χ0) is 12.0. The Labute approximate surface area is 96.1 Å². The van der Waals surface area contributed by atoms with Crippen LogP contribution in [-0.2, 0) is 16.0 Å². The van der Waals surface area contributed by atoms with E-state index in [1.807, 2.05) is 24.3 Å². The second-order valence-electron chi connectivity index (χ2n) is 3.85. The lowest BCUT2D eigenvalue weighted by molar-refractivity contribution is -0.140. The van der Waals surface area contributed by atoms with Gasteiger partial charge in [0, 0.05) is 6.42 Å². The van der Waals surface area contributed by atoms with E-state index >= 15 is 0 Å². The van der Waals surface area contributed by atoms with Crippen molar-refractivity contribution >= 4 is 5.97 Å². The fourth-order valence-electron chi connectivity index (χ4n) is 1.50. The molecule has 0 aliphatic rings. The molecule has 0 aromatic heterocycles. The second-order valence-corrected chi connectivity index (χ2v) is 3.85. The SMILES string of the molecule is COC(=O)CCCc1ccc(C(C)O)cc1. The first-order chi connectivity index (χ1) is 7.63. The number of aryl methyl sites for hydroxylation is 1. The van der Waals surface area contributed by atoms with Crippen LogP contribution in [0.25, 0.3) is 0 Å². The van der Waals surface area contributed by atoms with Crippen molar-refractivity contribution in [2.24, 2.45) is 0 Å². The highest BCUT2D eigenvalue weighted by Gasteiger charge is 2.02. The topological polar surface area (TPSA) is 46.5 Å². The Hall–Kier alpha value is -1.35. The Morgan fingerprint density at radius 2 is 2.00 bits per heavy atom. The second kappa shape index (κ2) is 6.28. The van der Waals surface area contributed by atoms with E-state index in [1.165, 1.54) is 12.7 Å². The van der Waals surface area contributed by atoms with Gasteiger partial charge in [0.15, 0.2) is 0 Å². The quantitative estimate of drug-likeness (QED) is 0.777. The third-order valence-corrected chi connectivity index (χ3v) is 2.54. The largest absolute Gasteiger partial charge is 0.469 e. The predicted molar refractivity (Wildman–Crippen MR) is 62.0 cm³/mol. The van der Waals surface area contributed by atoms with E-state index in [0.29, 0.717) is 6.42 Å². The van der Waals surface area contributed by atoms with Gasteiger partial charge in [0.2, 0.25) is 0 Å². The molecule has 0 bridgehead atoms. The number of benzene rings is 1. The molecule has 1 aromatic rings. The number of methoxy groups -OCH3 is 1. The van der Waals surface area contributed by atoms with Crippen molar-refractivity contribution in [3.05, 3.63) is 35.4 Å². The van der Waals surface area contributed by atoms with Crippen molar-refractivity contribution in [1.29, 1.82) is 0 Å². The van der Waals surface area contributed by atoms with Crippen LogP contribution >= 0.6 is 0 Å². The number of hydrogen-bond donors (Lipinski definition) is 1. The normalized spacial score (nSPS) is 12.2. The molecule has 1 atom stereocenters. The molecule has 3 heteroatoms. The van der Waals surface area contributed by atoms with Gasteiger partial charge in [0.1, 0.15) is 0 Å². The number of carbonyl (C=O) groups is 1. The summed E-state index contributed by atoms with van der Waals surface area (Å²) in [6.45, 7) is 1.74. The van der Waals surface area contributed by atoms with Crippen molar-refractivity contribution in [2.75, 3.05) is 7.11 Å². The van der Waals surface area contributed by atoms with E-state index in [-0.39, 0.29) is 5.97 Å². The van der Waals surface area contributed by atoms with Crippen molar-refractivity contribution < 1.29 is 14.6 Å². The Kier molecular flexibility index (Phi) is 4.99. The molecule has 1 N–H and O–H groups in total. The Morgan fingerprint density at radius 3 is 2.50 bits per heavy atom. The molecule has 1 rings (SSSR count). The highest BCUT2D eigenvalue weighted by Crippen LogP contribution is 2.14. The summed E-state index contributed by atoms with van der Waals surface area (Å²) in [7, 11) is 1.40. The molecule has 1 aromatic carbocycles. The molecule has 0 aliphatic heterocycles. The van der Waals surface area contributed by atoms with E-state index in [2.05, 4.69) is 4.74 Å². The Morgan fingerprint density at radius 1 is 1.38 bits per heavy atom. The van der Waals surface area contributed by atoms with E-state index in [4.69, 9.17) is 0 Å². The monoisotopic (exact) mass is 222 g/mol. The molecule has 0 amide bonds. The number of ether oxygens (including phenoxy) is 1. The van der Waals surface area contributed by atoms with Crippen LogP contribution in [0.1, 0.15) is 37.0 Å². The number of carbonyl (C=O) groups excluding carboxylic acids is 1. The third kappa shape index (κ3) is 4.03. The summed E-state index contributed by atoms with van der Waals surface area (Å²) < 4.78 is 4.57. The molecular formula is C13H18O3. The van der Waals surface area contributed by atoms with Gasteiger partial charge < -0.3 is 9.84 Å². The zero-order valence-electron chi connectivity index (χ0n) is 9.77. The average molecular weight is 222 g/mol. The standard InChI is InChI=1S/C13H18O3/c1-10(14)12-8-6-11(7-9-12)4-3-5-13(15)16-2/h6-10,14H,3-5H2,1-2H3. The van der Waals surface area contributed by atoms with Gasteiger partial charge in [-0.25, -0.2) is 0 Å². The molecule has 0 spiro atoms. The molecule has 0 heterocycles. The molecule has 1 unspecified atom stereocenters. The van der Waals surface area contributed by atoms with Crippen LogP contribution in [0.5, 0.6) is 0 Å². The van der Waals surface area contributed by atoms with E-state index < -0.39 is 6.10 Å². The zero-order valence-corrected chi connectivity index (χ0v) is 9.77. The summed E-state index contributed by atoms with van der Waals surface area (Å²) in [5, 5.41) is 9.33. The van der Waals surface area contributed by atoms with E-state index in [0.717, 1.165) is 18.4 Å². The first-order valence-corrected chi connectivity index (χ1v) is 5.47. The molecule has 0 radical (unpaired) electrons. The minimum absolute atomic E-state index is 0.166.